The molecular weight excluding hydrogens is 212 g/mol. The van der Waals surface area contributed by atoms with Crippen LogP contribution in [0.15, 0.2) is 0 Å². The third-order valence-electron chi connectivity index (χ3n) is 2.88. The van der Waals surface area contributed by atoms with Gasteiger partial charge in [-0.25, -0.2) is 0 Å². The van der Waals surface area contributed by atoms with Crippen LogP contribution in [-0.2, 0) is 4.79 Å². The number of unbranched alkanes of at least 4 members (excludes halogenated alkanes) is 2. The van der Waals surface area contributed by atoms with Crippen LogP contribution in [0.3, 0.4) is 0 Å². The highest BCUT2D eigenvalue weighted by Crippen LogP contribution is 2.04. The third-order valence-corrected chi connectivity index (χ3v) is 2.88. The summed E-state index contributed by atoms with van der Waals surface area (Å²) < 4.78 is 0. The molecule has 0 aliphatic carbocycles. The van der Waals surface area contributed by atoms with E-state index in [2.05, 4.69) is 37.7 Å². The SMILES string of the molecule is CCCCN(CCCCN(C)C)C(=O)CCC. The van der Waals surface area contributed by atoms with Gasteiger partial charge in [-0.2, -0.15) is 0 Å². The van der Waals surface area contributed by atoms with Gasteiger partial charge in [0.05, 0.1) is 0 Å². The van der Waals surface area contributed by atoms with E-state index in [9.17, 15) is 4.79 Å². The van der Waals surface area contributed by atoms with E-state index in [1.54, 1.807) is 0 Å². The molecule has 17 heavy (non-hydrogen) atoms. The number of carbonyl (C=O) groups excluding carboxylic acids is 1. The largest absolute Gasteiger partial charge is 0.343 e. The van der Waals surface area contributed by atoms with Gasteiger partial charge in [0, 0.05) is 19.5 Å². The van der Waals surface area contributed by atoms with E-state index in [0.717, 1.165) is 45.3 Å². The lowest BCUT2D eigenvalue weighted by Gasteiger charge is -2.22. The summed E-state index contributed by atoms with van der Waals surface area (Å²) in [6.45, 7) is 7.24. The topological polar surface area (TPSA) is 23.6 Å². The van der Waals surface area contributed by atoms with Gasteiger partial charge in [-0.1, -0.05) is 20.3 Å². The Morgan fingerprint density at radius 3 is 2.00 bits per heavy atom. The molecule has 0 unspecified atom stereocenters. The van der Waals surface area contributed by atoms with Crippen molar-refractivity contribution in [3.63, 3.8) is 0 Å². The maximum atomic E-state index is 11.9. The first-order chi connectivity index (χ1) is 8.11. The molecule has 0 atom stereocenters. The summed E-state index contributed by atoms with van der Waals surface area (Å²) in [7, 11) is 4.19. The molecule has 0 spiro atoms. The van der Waals surface area contributed by atoms with E-state index in [1.807, 2.05) is 0 Å². The molecule has 3 heteroatoms. The fourth-order valence-electron chi connectivity index (χ4n) is 1.81. The molecule has 3 nitrogen and oxygen atoms in total. The lowest BCUT2D eigenvalue weighted by molar-refractivity contribution is -0.131. The van der Waals surface area contributed by atoms with Gasteiger partial charge in [0.1, 0.15) is 0 Å². The Morgan fingerprint density at radius 1 is 0.882 bits per heavy atom. The van der Waals surface area contributed by atoms with E-state index in [1.165, 1.54) is 6.42 Å². The smallest absolute Gasteiger partial charge is 0.222 e. The highest BCUT2D eigenvalue weighted by atomic mass is 16.2. The van der Waals surface area contributed by atoms with Gasteiger partial charge in [0.25, 0.3) is 0 Å². The molecule has 0 radical (unpaired) electrons. The minimum atomic E-state index is 0.339. The molecule has 0 aromatic heterocycles. The zero-order valence-electron chi connectivity index (χ0n) is 12.2. The van der Waals surface area contributed by atoms with Gasteiger partial charge in [-0.05, 0) is 46.3 Å². The molecule has 1 amide bonds. The Kier molecular flexibility index (Phi) is 10.2. The van der Waals surface area contributed by atoms with E-state index in [-0.39, 0.29) is 0 Å². The van der Waals surface area contributed by atoms with E-state index >= 15 is 0 Å². The average molecular weight is 242 g/mol. The summed E-state index contributed by atoms with van der Waals surface area (Å²) in [4.78, 5) is 16.1. The van der Waals surface area contributed by atoms with Crippen molar-refractivity contribution >= 4 is 5.91 Å². The van der Waals surface area contributed by atoms with Crippen LogP contribution in [0.4, 0.5) is 0 Å². The first-order valence-corrected chi connectivity index (χ1v) is 7.04. The van der Waals surface area contributed by atoms with Crippen LogP contribution in [0.5, 0.6) is 0 Å². The van der Waals surface area contributed by atoms with Crippen LogP contribution in [-0.4, -0.2) is 49.4 Å². The number of amides is 1. The Labute approximate surface area is 107 Å². The van der Waals surface area contributed by atoms with Gasteiger partial charge >= 0.3 is 0 Å². The molecular formula is C14H30N2O. The van der Waals surface area contributed by atoms with Crippen LogP contribution in [0, 0.1) is 0 Å². The second-order valence-corrected chi connectivity index (χ2v) is 4.99. The molecule has 0 rings (SSSR count). The molecule has 0 saturated carbocycles. The zero-order chi connectivity index (χ0) is 13.1. The minimum absolute atomic E-state index is 0.339. The van der Waals surface area contributed by atoms with E-state index in [0.29, 0.717) is 12.3 Å². The van der Waals surface area contributed by atoms with Gasteiger partial charge < -0.3 is 9.80 Å². The molecule has 0 fully saturated rings. The number of rotatable bonds is 10. The predicted molar refractivity (Wildman–Crippen MR) is 74.2 cm³/mol. The molecule has 0 heterocycles. The summed E-state index contributed by atoms with van der Waals surface area (Å²) in [6.07, 6.45) is 6.25. The third kappa shape index (κ3) is 9.16. The Hall–Kier alpha value is -0.570. The standard InChI is InChI=1S/C14H30N2O/c1-5-7-12-16(14(17)10-6-2)13-9-8-11-15(3)4/h5-13H2,1-4H3. The van der Waals surface area contributed by atoms with Crippen molar-refractivity contribution in [1.29, 1.82) is 0 Å². The van der Waals surface area contributed by atoms with Crippen LogP contribution < -0.4 is 0 Å². The lowest BCUT2D eigenvalue weighted by atomic mass is 10.2. The van der Waals surface area contributed by atoms with Gasteiger partial charge in [0.2, 0.25) is 5.91 Å². The maximum Gasteiger partial charge on any atom is 0.222 e. The van der Waals surface area contributed by atoms with Gasteiger partial charge in [0.15, 0.2) is 0 Å². The summed E-state index contributed by atoms with van der Waals surface area (Å²) in [5.74, 6) is 0.339. The molecule has 0 N–H and O–H groups in total. The summed E-state index contributed by atoms with van der Waals surface area (Å²) >= 11 is 0. The van der Waals surface area contributed by atoms with Crippen molar-refractivity contribution in [2.75, 3.05) is 33.7 Å². The average Bonchev–Trinajstić information content (AvgIpc) is 2.28. The number of carbonyl (C=O) groups is 1. The number of nitrogens with zero attached hydrogens (tertiary/aromatic N) is 2. The Morgan fingerprint density at radius 2 is 1.47 bits per heavy atom. The number of hydrogen-bond donors (Lipinski definition) is 0. The van der Waals surface area contributed by atoms with Crippen LogP contribution in [0.25, 0.3) is 0 Å². The molecule has 102 valence electrons. The van der Waals surface area contributed by atoms with Gasteiger partial charge in [-0.3, -0.25) is 4.79 Å². The molecule has 0 aromatic carbocycles. The summed E-state index contributed by atoms with van der Waals surface area (Å²) in [5.41, 5.74) is 0. The minimum Gasteiger partial charge on any atom is -0.343 e. The van der Waals surface area contributed by atoms with E-state index < -0.39 is 0 Å². The van der Waals surface area contributed by atoms with Crippen LogP contribution in [0.2, 0.25) is 0 Å². The Balaban J connectivity index is 3.88. The zero-order valence-corrected chi connectivity index (χ0v) is 12.2. The van der Waals surface area contributed by atoms with Crippen molar-refractivity contribution in [3.8, 4) is 0 Å². The van der Waals surface area contributed by atoms with Crippen molar-refractivity contribution in [1.82, 2.24) is 9.80 Å². The first kappa shape index (κ1) is 16.4. The van der Waals surface area contributed by atoms with Crippen LogP contribution >= 0.6 is 0 Å². The highest BCUT2D eigenvalue weighted by molar-refractivity contribution is 5.76. The Bertz CT molecular complexity index is 193. The lowest BCUT2D eigenvalue weighted by Crippen LogP contribution is -2.33. The second-order valence-electron chi connectivity index (χ2n) is 4.99. The van der Waals surface area contributed by atoms with Crippen molar-refractivity contribution in [2.45, 2.75) is 52.4 Å². The van der Waals surface area contributed by atoms with Crippen molar-refractivity contribution in [2.24, 2.45) is 0 Å². The van der Waals surface area contributed by atoms with Crippen molar-refractivity contribution < 1.29 is 4.79 Å². The van der Waals surface area contributed by atoms with E-state index in [4.69, 9.17) is 0 Å². The normalized spacial score (nSPS) is 10.9. The molecule has 0 aliphatic heterocycles. The first-order valence-electron chi connectivity index (χ1n) is 7.04. The molecule has 0 saturated heterocycles. The monoisotopic (exact) mass is 242 g/mol. The summed E-state index contributed by atoms with van der Waals surface area (Å²) in [5, 5.41) is 0. The quantitative estimate of drug-likeness (QED) is 0.550. The highest BCUT2D eigenvalue weighted by Gasteiger charge is 2.11. The predicted octanol–water partition coefficient (Wildman–Crippen LogP) is 2.76. The fraction of sp³-hybridized carbons (Fsp3) is 0.929. The second kappa shape index (κ2) is 10.6. The maximum absolute atomic E-state index is 11.9. The number of hydrogen-bond acceptors (Lipinski definition) is 2. The molecule has 0 bridgehead atoms. The molecule has 0 aliphatic rings. The van der Waals surface area contributed by atoms with Gasteiger partial charge in [-0.15, -0.1) is 0 Å². The molecule has 0 aromatic rings. The van der Waals surface area contributed by atoms with Crippen LogP contribution in [0.1, 0.15) is 52.4 Å². The fourth-order valence-corrected chi connectivity index (χ4v) is 1.81. The summed E-state index contributed by atoms with van der Waals surface area (Å²) in [6, 6.07) is 0. The van der Waals surface area contributed by atoms with Crippen molar-refractivity contribution in [3.05, 3.63) is 0 Å².